The number of hydrogen-bond donors (Lipinski definition) is 1. The number of benzene rings is 1. The van der Waals surface area contributed by atoms with Gasteiger partial charge in [-0.1, -0.05) is 12.1 Å². The molecular weight excluding hydrogens is 340 g/mol. The molecule has 1 aromatic rings. The molecule has 134 valence electrons. The van der Waals surface area contributed by atoms with Gasteiger partial charge in [0.2, 0.25) is 5.91 Å². The van der Waals surface area contributed by atoms with E-state index < -0.39 is 12.0 Å². The van der Waals surface area contributed by atoms with Gasteiger partial charge < -0.3 is 15.0 Å². The highest BCUT2D eigenvalue weighted by atomic mass is 32.2. The number of hydrogen-bond acceptors (Lipinski definition) is 5. The van der Waals surface area contributed by atoms with E-state index >= 15 is 0 Å². The average molecular weight is 362 g/mol. The maximum absolute atomic E-state index is 12.3. The Balaban J connectivity index is 1.56. The fourth-order valence-electron chi connectivity index (χ4n) is 3.30. The number of amides is 2. The molecule has 0 spiro atoms. The molecule has 0 aliphatic carbocycles. The minimum absolute atomic E-state index is 0.0192. The molecule has 0 saturated carbocycles. The summed E-state index contributed by atoms with van der Waals surface area (Å²) in [7, 11) is 0. The first-order chi connectivity index (χ1) is 11.8. The lowest BCUT2D eigenvalue weighted by Crippen LogP contribution is -2.47. The molecule has 2 amide bonds. The maximum Gasteiger partial charge on any atom is 0.330 e. The zero-order valence-corrected chi connectivity index (χ0v) is 15.4. The fraction of sp³-hybridized carbons (Fsp3) is 0.500. The molecule has 1 aromatic carbocycles. The van der Waals surface area contributed by atoms with E-state index in [1.54, 1.807) is 16.7 Å². The van der Waals surface area contributed by atoms with Crippen LogP contribution in [0.15, 0.2) is 18.2 Å². The third kappa shape index (κ3) is 3.38. The molecule has 0 radical (unpaired) electrons. The molecule has 2 heterocycles. The van der Waals surface area contributed by atoms with Crippen molar-refractivity contribution >= 4 is 35.2 Å². The predicted molar refractivity (Wildman–Crippen MR) is 96.2 cm³/mol. The SMILES string of the molecule is Cc1cccc(NC(=O)COC(=O)[C@@H]2CS[C@]3(C)CCC(=O)N23)c1C. The zero-order valence-electron chi connectivity index (χ0n) is 14.6. The van der Waals surface area contributed by atoms with Crippen molar-refractivity contribution in [3.63, 3.8) is 0 Å². The molecular formula is C18H22N2O4S. The van der Waals surface area contributed by atoms with Crippen LogP contribution in [0.1, 0.15) is 30.9 Å². The van der Waals surface area contributed by atoms with Crippen LogP contribution in [0.2, 0.25) is 0 Å². The van der Waals surface area contributed by atoms with Gasteiger partial charge in [-0.2, -0.15) is 0 Å². The lowest BCUT2D eigenvalue weighted by Gasteiger charge is -2.29. The second-order valence-corrected chi connectivity index (χ2v) is 8.17. The van der Waals surface area contributed by atoms with Gasteiger partial charge in [-0.25, -0.2) is 4.79 Å². The van der Waals surface area contributed by atoms with Crippen molar-refractivity contribution in [1.29, 1.82) is 0 Å². The quantitative estimate of drug-likeness (QED) is 0.832. The van der Waals surface area contributed by atoms with E-state index in [0.29, 0.717) is 17.9 Å². The standard InChI is InChI=1S/C18H22N2O4S/c1-11-5-4-6-13(12(11)2)19-15(21)9-24-17(23)14-10-25-18(3)8-7-16(22)20(14)18/h4-6,14H,7-10H2,1-3H3,(H,19,21)/t14-,18+/m0/s1. The highest BCUT2D eigenvalue weighted by Gasteiger charge is 2.53. The van der Waals surface area contributed by atoms with Gasteiger partial charge in [-0.3, -0.25) is 9.59 Å². The predicted octanol–water partition coefficient (Wildman–Crippen LogP) is 2.24. The lowest BCUT2D eigenvalue weighted by molar-refractivity contribution is -0.155. The Labute approximate surface area is 151 Å². The summed E-state index contributed by atoms with van der Waals surface area (Å²) in [5, 5.41) is 2.76. The van der Waals surface area contributed by atoms with Crippen molar-refractivity contribution in [2.45, 2.75) is 44.5 Å². The van der Waals surface area contributed by atoms with Crippen LogP contribution in [0.4, 0.5) is 5.69 Å². The van der Waals surface area contributed by atoms with Crippen molar-refractivity contribution in [3.05, 3.63) is 29.3 Å². The summed E-state index contributed by atoms with van der Waals surface area (Å²) in [6, 6.07) is 5.04. The number of nitrogens with one attached hydrogen (secondary N) is 1. The molecule has 7 heteroatoms. The van der Waals surface area contributed by atoms with Gasteiger partial charge in [0, 0.05) is 17.9 Å². The molecule has 2 fully saturated rings. The Morgan fingerprint density at radius 1 is 1.40 bits per heavy atom. The summed E-state index contributed by atoms with van der Waals surface area (Å²) in [5.74, 6) is -0.403. The molecule has 2 atom stereocenters. The minimum atomic E-state index is -0.599. The number of anilines is 1. The van der Waals surface area contributed by atoms with E-state index in [2.05, 4.69) is 5.32 Å². The van der Waals surface area contributed by atoms with Crippen LogP contribution in [0, 0.1) is 13.8 Å². The van der Waals surface area contributed by atoms with Crippen molar-refractivity contribution in [3.8, 4) is 0 Å². The molecule has 3 rings (SSSR count). The molecule has 0 aromatic heterocycles. The maximum atomic E-state index is 12.3. The number of carbonyl (C=O) groups excluding carboxylic acids is 3. The van der Waals surface area contributed by atoms with Crippen LogP contribution < -0.4 is 5.32 Å². The topological polar surface area (TPSA) is 75.7 Å². The van der Waals surface area contributed by atoms with Gasteiger partial charge in [0.25, 0.3) is 5.91 Å². The number of esters is 1. The molecule has 0 bridgehead atoms. The van der Waals surface area contributed by atoms with Crippen LogP contribution >= 0.6 is 11.8 Å². The summed E-state index contributed by atoms with van der Waals surface area (Å²) in [5.41, 5.74) is 2.76. The monoisotopic (exact) mass is 362 g/mol. The Bertz CT molecular complexity index is 736. The van der Waals surface area contributed by atoms with Crippen molar-refractivity contribution < 1.29 is 19.1 Å². The summed E-state index contributed by atoms with van der Waals surface area (Å²) in [6.07, 6.45) is 1.20. The highest BCUT2D eigenvalue weighted by molar-refractivity contribution is 8.01. The first-order valence-electron chi connectivity index (χ1n) is 8.30. The van der Waals surface area contributed by atoms with E-state index in [1.165, 1.54) is 0 Å². The number of thioether (sulfide) groups is 1. The molecule has 25 heavy (non-hydrogen) atoms. The van der Waals surface area contributed by atoms with Crippen molar-refractivity contribution in [2.75, 3.05) is 17.7 Å². The van der Waals surface area contributed by atoms with Crippen LogP contribution in [-0.2, 0) is 19.1 Å². The van der Waals surface area contributed by atoms with E-state index in [9.17, 15) is 14.4 Å². The van der Waals surface area contributed by atoms with E-state index in [-0.39, 0.29) is 23.3 Å². The summed E-state index contributed by atoms with van der Waals surface area (Å²) in [6.45, 7) is 5.51. The second-order valence-electron chi connectivity index (χ2n) is 6.67. The number of ether oxygens (including phenoxy) is 1. The van der Waals surface area contributed by atoms with E-state index in [0.717, 1.165) is 17.5 Å². The third-order valence-electron chi connectivity index (χ3n) is 4.94. The molecule has 2 saturated heterocycles. The van der Waals surface area contributed by atoms with Gasteiger partial charge in [0.1, 0.15) is 6.04 Å². The number of fused-ring (bicyclic) bond motifs is 1. The normalized spacial score (nSPS) is 25.0. The fourth-order valence-corrected chi connectivity index (χ4v) is 4.72. The van der Waals surface area contributed by atoms with E-state index in [4.69, 9.17) is 4.74 Å². The van der Waals surface area contributed by atoms with Gasteiger partial charge >= 0.3 is 5.97 Å². The molecule has 2 aliphatic rings. The Hall–Kier alpha value is -2.02. The van der Waals surface area contributed by atoms with Crippen LogP contribution in [-0.4, -0.2) is 46.0 Å². The smallest absolute Gasteiger partial charge is 0.330 e. The van der Waals surface area contributed by atoms with Gasteiger partial charge in [0.15, 0.2) is 6.61 Å². The Kier molecular flexibility index (Phi) is 4.77. The van der Waals surface area contributed by atoms with Crippen LogP contribution in [0.25, 0.3) is 0 Å². The zero-order chi connectivity index (χ0) is 18.2. The Morgan fingerprint density at radius 3 is 2.92 bits per heavy atom. The number of nitrogens with zero attached hydrogens (tertiary/aromatic N) is 1. The largest absolute Gasteiger partial charge is 0.454 e. The van der Waals surface area contributed by atoms with Gasteiger partial charge in [0.05, 0.1) is 4.87 Å². The Morgan fingerprint density at radius 2 is 2.16 bits per heavy atom. The first kappa shape index (κ1) is 17.8. The first-order valence-corrected chi connectivity index (χ1v) is 9.29. The number of rotatable bonds is 4. The van der Waals surface area contributed by atoms with Gasteiger partial charge in [-0.05, 0) is 44.4 Å². The third-order valence-corrected chi connectivity index (χ3v) is 6.45. The van der Waals surface area contributed by atoms with Crippen molar-refractivity contribution in [2.24, 2.45) is 0 Å². The number of aryl methyl sites for hydroxylation is 1. The molecule has 6 nitrogen and oxygen atoms in total. The molecule has 1 N–H and O–H groups in total. The van der Waals surface area contributed by atoms with Gasteiger partial charge in [-0.15, -0.1) is 11.8 Å². The average Bonchev–Trinajstić information content (AvgIpc) is 3.06. The summed E-state index contributed by atoms with van der Waals surface area (Å²) >= 11 is 1.60. The van der Waals surface area contributed by atoms with Crippen molar-refractivity contribution in [1.82, 2.24) is 4.90 Å². The second kappa shape index (κ2) is 6.71. The molecule has 2 aliphatic heterocycles. The number of carbonyl (C=O) groups is 3. The highest BCUT2D eigenvalue weighted by Crippen LogP contribution is 2.47. The van der Waals surface area contributed by atoms with Crippen LogP contribution in [0.3, 0.4) is 0 Å². The minimum Gasteiger partial charge on any atom is -0.454 e. The summed E-state index contributed by atoms with van der Waals surface area (Å²) < 4.78 is 5.17. The summed E-state index contributed by atoms with van der Waals surface area (Å²) in [4.78, 5) is 37.8. The van der Waals surface area contributed by atoms with Crippen LogP contribution in [0.5, 0.6) is 0 Å². The lowest BCUT2D eigenvalue weighted by atomic mass is 10.1. The van der Waals surface area contributed by atoms with E-state index in [1.807, 2.05) is 39.0 Å². The molecule has 0 unspecified atom stereocenters.